The number of amides is 1. The van der Waals surface area contributed by atoms with E-state index in [2.05, 4.69) is 25.4 Å². The molecule has 0 fully saturated rings. The number of hydrogen-bond acceptors (Lipinski definition) is 5. The van der Waals surface area contributed by atoms with Crippen molar-refractivity contribution in [2.24, 2.45) is 0 Å². The van der Waals surface area contributed by atoms with Gasteiger partial charge in [-0.2, -0.15) is 0 Å². The van der Waals surface area contributed by atoms with Crippen molar-refractivity contribution in [3.05, 3.63) is 77.7 Å². The van der Waals surface area contributed by atoms with Crippen LogP contribution >= 0.6 is 11.3 Å². The van der Waals surface area contributed by atoms with Gasteiger partial charge in [0.15, 0.2) is 5.82 Å². The van der Waals surface area contributed by atoms with E-state index >= 15 is 0 Å². The molecule has 0 radical (unpaired) electrons. The van der Waals surface area contributed by atoms with Crippen LogP contribution in [0.4, 0.5) is 10.3 Å². The topological polar surface area (TPSA) is 88.5 Å². The van der Waals surface area contributed by atoms with Crippen LogP contribution in [0.15, 0.2) is 66.0 Å². The molecule has 7 nitrogen and oxygen atoms in total. The monoisotopic (exact) mass is 404 g/mol. The van der Waals surface area contributed by atoms with Gasteiger partial charge in [0, 0.05) is 0 Å². The molecule has 0 bridgehead atoms. The fourth-order valence-corrected chi connectivity index (χ4v) is 3.64. The number of rotatable bonds is 4. The summed E-state index contributed by atoms with van der Waals surface area (Å²) in [4.78, 5) is 25.3. The van der Waals surface area contributed by atoms with Crippen LogP contribution in [0.3, 0.4) is 0 Å². The Hall–Kier alpha value is -3.85. The van der Waals surface area contributed by atoms with E-state index in [1.165, 1.54) is 28.2 Å². The minimum Gasteiger partial charge on any atom is -0.324 e. The lowest BCUT2D eigenvalue weighted by Crippen LogP contribution is -2.15. The summed E-state index contributed by atoms with van der Waals surface area (Å²) in [5.41, 5.74) is 2.02. The van der Waals surface area contributed by atoms with Crippen molar-refractivity contribution in [1.29, 1.82) is 0 Å². The summed E-state index contributed by atoms with van der Waals surface area (Å²) in [7, 11) is 0. The second kappa shape index (κ2) is 6.95. The van der Waals surface area contributed by atoms with E-state index in [0.29, 0.717) is 17.5 Å². The maximum absolute atomic E-state index is 13.7. The van der Waals surface area contributed by atoms with Crippen molar-refractivity contribution < 1.29 is 9.18 Å². The van der Waals surface area contributed by atoms with E-state index in [1.807, 2.05) is 41.8 Å². The number of fused-ring (bicyclic) bond motifs is 1. The number of aromatic amines is 1. The molecule has 5 rings (SSSR count). The molecule has 29 heavy (non-hydrogen) atoms. The highest BCUT2D eigenvalue weighted by Crippen LogP contribution is 2.26. The number of H-pyrrole nitrogens is 1. The number of nitrogens with one attached hydrogen (secondary N) is 2. The maximum atomic E-state index is 13.7. The molecule has 5 aromatic rings. The van der Waals surface area contributed by atoms with Crippen LogP contribution in [-0.2, 0) is 0 Å². The standard InChI is InChI=1S/C20H13FN6OS/c21-12-5-3-6-13(11-12)27-18(16-9-4-10-29-16)24-17(26-27)19(28)25-20-22-14-7-1-2-8-15(14)23-20/h1-11H,(H2,22,23,25,28). The molecular weight excluding hydrogens is 391 g/mol. The lowest BCUT2D eigenvalue weighted by Gasteiger charge is -2.04. The van der Waals surface area contributed by atoms with E-state index in [4.69, 9.17) is 0 Å². The first kappa shape index (κ1) is 17.3. The molecular formula is C20H13FN6OS. The Kier molecular flexibility index (Phi) is 4.14. The SMILES string of the molecule is O=C(Nc1nc2ccccc2[nH]1)c1nc(-c2cccs2)n(-c2cccc(F)c2)n1. The van der Waals surface area contributed by atoms with Crippen LogP contribution in [0.5, 0.6) is 0 Å². The van der Waals surface area contributed by atoms with Gasteiger partial charge in [-0.25, -0.2) is 19.0 Å². The molecule has 0 aliphatic carbocycles. The number of anilines is 1. The predicted molar refractivity (Wildman–Crippen MR) is 109 cm³/mol. The van der Waals surface area contributed by atoms with E-state index in [1.54, 1.807) is 12.1 Å². The van der Waals surface area contributed by atoms with Crippen molar-refractivity contribution in [2.75, 3.05) is 5.32 Å². The summed E-state index contributed by atoms with van der Waals surface area (Å²) in [5, 5.41) is 8.90. The number of aromatic nitrogens is 5. The second-order valence-corrected chi connectivity index (χ2v) is 7.13. The molecule has 9 heteroatoms. The molecule has 3 heterocycles. The van der Waals surface area contributed by atoms with Gasteiger partial charge in [-0.1, -0.05) is 24.3 Å². The van der Waals surface area contributed by atoms with Crippen LogP contribution in [0.2, 0.25) is 0 Å². The Balaban J connectivity index is 1.53. The van der Waals surface area contributed by atoms with E-state index in [0.717, 1.165) is 15.9 Å². The van der Waals surface area contributed by atoms with Crippen LogP contribution in [0.25, 0.3) is 27.4 Å². The van der Waals surface area contributed by atoms with Crippen LogP contribution in [0.1, 0.15) is 10.6 Å². The average molecular weight is 404 g/mol. The van der Waals surface area contributed by atoms with Crippen LogP contribution < -0.4 is 5.32 Å². The summed E-state index contributed by atoms with van der Waals surface area (Å²) in [6.07, 6.45) is 0. The molecule has 0 saturated heterocycles. The van der Waals surface area contributed by atoms with Crippen molar-refractivity contribution in [3.63, 3.8) is 0 Å². The smallest absolute Gasteiger partial charge is 0.297 e. The quantitative estimate of drug-likeness (QED) is 0.468. The van der Waals surface area contributed by atoms with Gasteiger partial charge < -0.3 is 4.98 Å². The lowest BCUT2D eigenvalue weighted by molar-refractivity contribution is 0.101. The molecule has 2 aromatic carbocycles. The zero-order valence-corrected chi connectivity index (χ0v) is 15.7. The second-order valence-electron chi connectivity index (χ2n) is 6.18. The molecule has 0 atom stereocenters. The third-order valence-corrected chi connectivity index (χ3v) is 5.09. The number of carbonyl (C=O) groups is 1. The highest BCUT2D eigenvalue weighted by atomic mass is 32.1. The number of benzene rings is 2. The highest BCUT2D eigenvalue weighted by Gasteiger charge is 2.20. The maximum Gasteiger partial charge on any atom is 0.297 e. The van der Waals surface area contributed by atoms with Crippen molar-refractivity contribution >= 4 is 34.2 Å². The minimum atomic E-state index is -0.517. The normalized spacial score (nSPS) is 11.1. The Morgan fingerprint density at radius 1 is 1.07 bits per heavy atom. The minimum absolute atomic E-state index is 0.0434. The number of hydrogen-bond donors (Lipinski definition) is 2. The third kappa shape index (κ3) is 3.27. The third-order valence-electron chi connectivity index (χ3n) is 4.23. The van der Waals surface area contributed by atoms with E-state index < -0.39 is 11.7 Å². The lowest BCUT2D eigenvalue weighted by atomic mass is 10.3. The molecule has 0 saturated carbocycles. The van der Waals surface area contributed by atoms with Gasteiger partial charge in [0.25, 0.3) is 5.91 Å². The summed E-state index contributed by atoms with van der Waals surface area (Å²) in [6.45, 7) is 0. The van der Waals surface area contributed by atoms with Gasteiger partial charge in [-0.05, 0) is 41.8 Å². The van der Waals surface area contributed by atoms with Gasteiger partial charge in [0.05, 0.1) is 21.6 Å². The molecule has 0 spiro atoms. The van der Waals surface area contributed by atoms with Gasteiger partial charge >= 0.3 is 0 Å². The fraction of sp³-hybridized carbons (Fsp3) is 0. The molecule has 0 unspecified atom stereocenters. The Bertz CT molecular complexity index is 1290. The summed E-state index contributed by atoms with van der Waals surface area (Å²) < 4.78 is 15.2. The van der Waals surface area contributed by atoms with Crippen LogP contribution in [0, 0.1) is 5.82 Å². The zero-order valence-electron chi connectivity index (χ0n) is 14.8. The van der Waals surface area contributed by atoms with Crippen molar-refractivity contribution in [2.45, 2.75) is 0 Å². The summed E-state index contributed by atoms with van der Waals surface area (Å²) in [6, 6.07) is 17.2. The molecule has 142 valence electrons. The number of imidazole rings is 1. The van der Waals surface area contributed by atoms with E-state index in [9.17, 15) is 9.18 Å². The Morgan fingerprint density at radius 3 is 2.76 bits per heavy atom. The highest BCUT2D eigenvalue weighted by molar-refractivity contribution is 7.13. The zero-order chi connectivity index (χ0) is 19.8. The van der Waals surface area contributed by atoms with Gasteiger partial charge in [0.1, 0.15) is 5.82 Å². The summed E-state index contributed by atoms with van der Waals surface area (Å²) in [5.74, 6) is -0.199. The number of para-hydroxylation sites is 2. The van der Waals surface area contributed by atoms with Crippen molar-refractivity contribution in [1.82, 2.24) is 24.7 Å². The molecule has 3 aromatic heterocycles. The predicted octanol–water partition coefficient (Wildman–Crippen LogP) is 4.26. The fourth-order valence-electron chi connectivity index (χ4n) is 2.94. The van der Waals surface area contributed by atoms with Crippen LogP contribution in [-0.4, -0.2) is 30.6 Å². The number of thiophene rings is 1. The van der Waals surface area contributed by atoms with Gasteiger partial charge in [-0.15, -0.1) is 16.4 Å². The number of carbonyl (C=O) groups excluding carboxylic acids is 1. The summed E-state index contributed by atoms with van der Waals surface area (Å²) >= 11 is 1.45. The average Bonchev–Trinajstić information content (AvgIpc) is 3.46. The van der Waals surface area contributed by atoms with Gasteiger partial charge in [0.2, 0.25) is 11.8 Å². The molecule has 1 amide bonds. The molecule has 0 aliphatic rings. The van der Waals surface area contributed by atoms with Gasteiger partial charge in [-0.3, -0.25) is 10.1 Å². The first-order chi connectivity index (χ1) is 14.2. The van der Waals surface area contributed by atoms with E-state index in [-0.39, 0.29) is 5.82 Å². The van der Waals surface area contributed by atoms with Crippen molar-refractivity contribution in [3.8, 4) is 16.4 Å². The number of nitrogens with zero attached hydrogens (tertiary/aromatic N) is 4. The first-order valence-corrected chi connectivity index (χ1v) is 9.58. The first-order valence-electron chi connectivity index (χ1n) is 8.70. The Morgan fingerprint density at radius 2 is 1.97 bits per heavy atom. The number of halogens is 1. The largest absolute Gasteiger partial charge is 0.324 e. The molecule has 0 aliphatic heterocycles. The Labute approximate surface area is 167 Å². The molecule has 2 N–H and O–H groups in total.